The molecule has 0 heterocycles. The van der Waals surface area contributed by atoms with Crippen LogP contribution in [0.5, 0.6) is 5.75 Å². The van der Waals surface area contributed by atoms with E-state index in [1.165, 1.54) is 7.11 Å². The number of halogens is 1. The van der Waals surface area contributed by atoms with Gasteiger partial charge in [0.15, 0.2) is 6.10 Å². The van der Waals surface area contributed by atoms with Crippen LogP contribution in [0.15, 0.2) is 18.2 Å². The van der Waals surface area contributed by atoms with Crippen LogP contribution in [0.1, 0.15) is 26.3 Å². The second-order valence-corrected chi connectivity index (χ2v) is 5.01. The topological polar surface area (TPSA) is 47.6 Å². The van der Waals surface area contributed by atoms with Crippen LogP contribution in [-0.2, 0) is 16.1 Å². The Morgan fingerprint density at radius 2 is 2.05 bits per heavy atom. The fraction of sp³-hybridized carbons (Fsp3) is 0.500. The Bertz CT molecular complexity index is 435. The normalized spacial score (nSPS) is 12.3. The largest absolute Gasteiger partial charge is 0.479 e. The third kappa shape index (κ3) is 5.09. The first-order valence-corrected chi connectivity index (χ1v) is 6.58. The van der Waals surface area contributed by atoms with Crippen molar-refractivity contribution >= 4 is 17.6 Å². The summed E-state index contributed by atoms with van der Waals surface area (Å²) in [5.74, 6) is 0.230. The Morgan fingerprint density at radius 1 is 1.37 bits per heavy atom. The minimum Gasteiger partial charge on any atom is -0.479 e. The number of ether oxygens (including phenoxy) is 2. The Kier molecular flexibility index (Phi) is 6.12. The highest BCUT2D eigenvalue weighted by Crippen LogP contribution is 2.24. The van der Waals surface area contributed by atoms with Gasteiger partial charge in [0.25, 0.3) is 0 Å². The van der Waals surface area contributed by atoms with Gasteiger partial charge < -0.3 is 14.8 Å². The zero-order valence-corrected chi connectivity index (χ0v) is 12.5. The quantitative estimate of drug-likeness (QED) is 0.817. The number of esters is 1. The van der Waals surface area contributed by atoms with E-state index in [1.807, 2.05) is 6.07 Å². The standard InChI is InChI=1S/C14H20ClNO3/c1-9(2)16-8-11-7-12(15)5-6-13(11)19-10(3)14(17)18-4/h5-7,9-10,16H,8H2,1-4H3. The molecule has 0 aliphatic rings. The second kappa shape index (κ2) is 7.36. The Morgan fingerprint density at radius 3 is 2.63 bits per heavy atom. The molecule has 0 aliphatic carbocycles. The van der Waals surface area contributed by atoms with Gasteiger partial charge >= 0.3 is 5.97 Å². The number of hydrogen-bond acceptors (Lipinski definition) is 4. The monoisotopic (exact) mass is 285 g/mol. The highest BCUT2D eigenvalue weighted by molar-refractivity contribution is 6.30. The fourth-order valence-corrected chi connectivity index (χ4v) is 1.71. The summed E-state index contributed by atoms with van der Waals surface area (Å²) in [6.45, 7) is 6.39. The van der Waals surface area contributed by atoms with Crippen LogP contribution in [0.25, 0.3) is 0 Å². The van der Waals surface area contributed by atoms with Gasteiger partial charge in [0.1, 0.15) is 5.75 Å². The van der Waals surface area contributed by atoms with E-state index in [0.717, 1.165) is 5.56 Å². The number of methoxy groups -OCH3 is 1. The smallest absolute Gasteiger partial charge is 0.346 e. The van der Waals surface area contributed by atoms with Gasteiger partial charge in [-0.15, -0.1) is 0 Å². The average Bonchev–Trinajstić information content (AvgIpc) is 2.37. The second-order valence-electron chi connectivity index (χ2n) is 4.57. The van der Waals surface area contributed by atoms with E-state index >= 15 is 0 Å². The van der Waals surface area contributed by atoms with Gasteiger partial charge in [-0.2, -0.15) is 0 Å². The van der Waals surface area contributed by atoms with Crippen LogP contribution in [0, 0.1) is 0 Å². The van der Waals surface area contributed by atoms with E-state index in [-0.39, 0.29) is 0 Å². The Labute approximate surface area is 119 Å². The van der Waals surface area contributed by atoms with Crippen molar-refractivity contribution in [3.63, 3.8) is 0 Å². The molecule has 1 rings (SSSR count). The molecule has 1 aromatic carbocycles. The predicted octanol–water partition coefficient (Wildman–Crippen LogP) is 2.78. The van der Waals surface area contributed by atoms with Crippen molar-refractivity contribution in [3.8, 4) is 5.75 Å². The molecule has 0 aliphatic heterocycles. The molecule has 0 spiro atoms. The number of nitrogens with one attached hydrogen (secondary N) is 1. The molecule has 0 radical (unpaired) electrons. The van der Waals surface area contributed by atoms with Crippen LogP contribution >= 0.6 is 11.6 Å². The van der Waals surface area contributed by atoms with Crippen molar-refractivity contribution in [1.29, 1.82) is 0 Å². The first-order valence-electron chi connectivity index (χ1n) is 6.20. The Hall–Kier alpha value is -1.26. The molecule has 4 nitrogen and oxygen atoms in total. The van der Waals surface area contributed by atoms with Crippen LogP contribution in [-0.4, -0.2) is 25.2 Å². The summed E-state index contributed by atoms with van der Waals surface area (Å²) in [7, 11) is 1.34. The summed E-state index contributed by atoms with van der Waals surface area (Å²) in [5, 5.41) is 3.93. The fourth-order valence-electron chi connectivity index (χ4n) is 1.52. The third-order valence-electron chi connectivity index (χ3n) is 2.56. The molecular weight excluding hydrogens is 266 g/mol. The molecule has 5 heteroatoms. The van der Waals surface area contributed by atoms with Crippen LogP contribution in [0.3, 0.4) is 0 Å². The molecule has 1 aromatic rings. The maximum absolute atomic E-state index is 11.4. The van der Waals surface area contributed by atoms with Gasteiger partial charge in [0.2, 0.25) is 0 Å². The highest BCUT2D eigenvalue weighted by Gasteiger charge is 2.16. The van der Waals surface area contributed by atoms with Gasteiger partial charge in [0.05, 0.1) is 7.11 Å². The SMILES string of the molecule is COC(=O)C(C)Oc1ccc(Cl)cc1CNC(C)C. The van der Waals surface area contributed by atoms with E-state index in [4.69, 9.17) is 16.3 Å². The minimum absolute atomic E-state index is 0.352. The third-order valence-corrected chi connectivity index (χ3v) is 2.80. The number of carbonyl (C=O) groups excluding carboxylic acids is 1. The van der Waals surface area contributed by atoms with Gasteiger partial charge in [-0.3, -0.25) is 0 Å². The lowest BCUT2D eigenvalue weighted by molar-refractivity contribution is -0.147. The summed E-state index contributed by atoms with van der Waals surface area (Å²) >= 11 is 5.98. The lowest BCUT2D eigenvalue weighted by atomic mass is 10.2. The summed E-state index contributed by atoms with van der Waals surface area (Å²) < 4.78 is 10.3. The summed E-state index contributed by atoms with van der Waals surface area (Å²) in [5.41, 5.74) is 0.914. The van der Waals surface area contributed by atoms with Crippen LogP contribution in [0.4, 0.5) is 0 Å². The summed E-state index contributed by atoms with van der Waals surface area (Å²) in [6.07, 6.45) is -0.649. The van der Waals surface area contributed by atoms with Gasteiger partial charge in [-0.05, 0) is 25.1 Å². The van der Waals surface area contributed by atoms with Crippen molar-refractivity contribution in [2.24, 2.45) is 0 Å². The number of carbonyl (C=O) groups is 1. The minimum atomic E-state index is -0.649. The van der Waals surface area contributed by atoms with Crippen molar-refractivity contribution in [2.75, 3.05) is 7.11 Å². The molecule has 0 bridgehead atoms. The Balaban J connectivity index is 2.84. The molecule has 0 amide bonds. The van der Waals surface area contributed by atoms with E-state index in [2.05, 4.69) is 23.9 Å². The van der Waals surface area contributed by atoms with E-state index in [0.29, 0.717) is 23.4 Å². The van der Waals surface area contributed by atoms with Gasteiger partial charge in [0, 0.05) is 23.2 Å². The predicted molar refractivity (Wildman–Crippen MR) is 75.5 cm³/mol. The average molecular weight is 286 g/mol. The number of benzene rings is 1. The summed E-state index contributed by atoms with van der Waals surface area (Å²) in [4.78, 5) is 11.4. The van der Waals surface area contributed by atoms with Crippen LogP contribution < -0.4 is 10.1 Å². The first kappa shape index (κ1) is 15.8. The number of rotatable bonds is 6. The number of hydrogen-bond donors (Lipinski definition) is 1. The zero-order chi connectivity index (χ0) is 14.4. The zero-order valence-electron chi connectivity index (χ0n) is 11.7. The molecule has 0 fully saturated rings. The van der Waals surface area contributed by atoms with Gasteiger partial charge in [-0.25, -0.2) is 4.79 Å². The molecule has 1 unspecified atom stereocenters. The van der Waals surface area contributed by atoms with E-state index in [1.54, 1.807) is 19.1 Å². The molecular formula is C14H20ClNO3. The molecule has 0 aromatic heterocycles. The lowest BCUT2D eigenvalue weighted by Crippen LogP contribution is -2.26. The van der Waals surface area contributed by atoms with Crippen molar-refractivity contribution in [3.05, 3.63) is 28.8 Å². The van der Waals surface area contributed by atoms with E-state index < -0.39 is 12.1 Å². The highest BCUT2D eigenvalue weighted by atomic mass is 35.5. The van der Waals surface area contributed by atoms with Crippen molar-refractivity contribution < 1.29 is 14.3 Å². The molecule has 106 valence electrons. The maximum atomic E-state index is 11.4. The first-order chi connectivity index (χ1) is 8.93. The van der Waals surface area contributed by atoms with Crippen molar-refractivity contribution in [2.45, 2.75) is 39.5 Å². The van der Waals surface area contributed by atoms with Gasteiger partial charge in [-0.1, -0.05) is 25.4 Å². The molecule has 0 saturated carbocycles. The molecule has 1 atom stereocenters. The lowest BCUT2D eigenvalue weighted by Gasteiger charge is -2.17. The molecule has 0 saturated heterocycles. The molecule has 19 heavy (non-hydrogen) atoms. The molecule has 1 N–H and O–H groups in total. The van der Waals surface area contributed by atoms with Crippen molar-refractivity contribution in [1.82, 2.24) is 5.32 Å². The van der Waals surface area contributed by atoms with E-state index in [9.17, 15) is 4.79 Å². The summed E-state index contributed by atoms with van der Waals surface area (Å²) in [6, 6.07) is 5.68. The van der Waals surface area contributed by atoms with Crippen LogP contribution in [0.2, 0.25) is 5.02 Å². The maximum Gasteiger partial charge on any atom is 0.346 e.